The van der Waals surface area contributed by atoms with Gasteiger partial charge < -0.3 is 14.5 Å². The minimum absolute atomic E-state index is 0.0714. The molecule has 0 aromatic carbocycles. The predicted molar refractivity (Wildman–Crippen MR) is 80.2 cm³/mol. The molecule has 2 atom stereocenters. The smallest absolute Gasteiger partial charge is 0.173 e. The molecule has 0 spiro atoms. The monoisotopic (exact) mass is 329 g/mol. The van der Waals surface area contributed by atoms with Gasteiger partial charge in [0.25, 0.3) is 0 Å². The fourth-order valence-corrected chi connectivity index (χ4v) is 3.83. The summed E-state index contributed by atoms with van der Waals surface area (Å²) in [5.41, 5.74) is 0.965. The van der Waals surface area contributed by atoms with Crippen LogP contribution in [0.25, 0.3) is 0 Å². The number of halogens is 1. The van der Waals surface area contributed by atoms with E-state index in [9.17, 15) is 0 Å². The largest absolute Gasteiger partial charge is 0.457 e. The molecule has 2 unspecified atom stereocenters. The van der Waals surface area contributed by atoms with E-state index >= 15 is 0 Å². The molecule has 4 heteroatoms. The van der Waals surface area contributed by atoms with Crippen molar-refractivity contribution < 1.29 is 9.15 Å². The molecule has 1 N–H and O–H groups in total. The van der Waals surface area contributed by atoms with E-state index in [4.69, 9.17) is 9.15 Å². The summed E-state index contributed by atoms with van der Waals surface area (Å²) >= 11 is 3.50. The van der Waals surface area contributed by atoms with Crippen LogP contribution in [0.5, 0.6) is 0 Å². The molecule has 0 radical (unpaired) electrons. The van der Waals surface area contributed by atoms with Crippen molar-refractivity contribution in [3.8, 4) is 0 Å². The van der Waals surface area contributed by atoms with Gasteiger partial charge in [0.05, 0.1) is 17.5 Å². The molecule has 1 saturated heterocycles. The van der Waals surface area contributed by atoms with Crippen molar-refractivity contribution in [3.05, 3.63) is 22.6 Å². The van der Waals surface area contributed by atoms with Gasteiger partial charge in [0.1, 0.15) is 0 Å². The van der Waals surface area contributed by atoms with Gasteiger partial charge >= 0.3 is 0 Å². The third-order valence-corrected chi connectivity index (χ3v) is 4.60. The molecule has 1 aliphatic rings. The summed E-state index contributed by atoms with van der Waals surface area (Å²) in [5, 5.41) is 3.59. The van der Waals surface area contributed by atoms with Gasteiger partial charge in [-0.05, 0) is 62.7 Å². The first-order valence-corrected chi connectivity index (χ1v) is 7.72. The summed E-state index contributed by atoms with van der Waals surface area (Å²) in [6, 6.07) is 2.29. The van der Waals surface area contributed by atoms with Crippen molar-refractivity contribution in [3.63, 3.8) is 0 Å². The first kappa shape index (κ1) is 15.1. The van der Waals surface area contributed by atoms with Gasteiger partial charge in [-0.15, -0.1) is 0 Å². The van der Waals surface area contributed by atoms with E-state index in [2.05, 4.69) is 55.9 Å². The number of hydrogen-bond donors (Lipinski definition) is 1. The highest BCUT2D eigenvalue weighted by Gasteiger charge is 2.49. The van der Waals surface area contributed by atoms with Gasteiger partial charge in [-0.2, -0.15) is 0 Å². The van der Waals surface area contributed by atoms with Crippen LogP contribution in [-0.4, -0.2) is 17.7 Å². The normalized spacial score (nSPS) is 26.5. The zero-order chi connectivity index (χ0) is 14.3. The molecule has 0 amide bonds. The predicted octanol–water partition coefficient (Wildman–Crippen LogP) is 4.29. The van der Waals surface area contributed by atoms with E-state index in [1.54, 1.807) is 6.26 Å². The summed E-state index contributed by atoms with van der Waals surface area (Å²) in [6.07, 6.45) is 2.77. The van der Waals surface area contributed by atoms with Crippen LogP contribution in [0.15, 0.2) is 21.4 Å². The Morgan fingerprint density at radius 1 is 1.42 bits per heavy atom. The highest BCUT2D eigenvalue weighted by Crippen LogP contribution is 2.48. The first-order valence-electron chi connectivity index (χ1n) is 6.93. The Morgan fingerprint density at radius 3 is 2.53 bits per heavy atom. The van der Waals surface area contributed by atoms with Crippen molar-refractivity contribution in [1.29, 1.82) is 0 Å². The molecule has 19 heavy (non-hydrogen) atoms. The topological polar surface area (TPSA) is 34.4 Å². The lowest BCUT2D eigenvalue weighted by Crippen LogP contribution is -2.38. The third-order valence-electron chi connectivity index (χ3n) is 3.95. The summed E-state index contributed by atoms with van der Waals surface area (Å²) in [6.45, 7) is 11.8. The van der Waals surface area contributed by atoms with Crippen molar-refractivity contribution in [1.82, 2.24) is 5.32 Å². The van der Waals surface area contributed by atoms with Crippen LogP contribution < -0.4 is 5.32 Å². The van der Waals surface area contributed by atoms with Gasteiger partial charge in [0.15, 0.2) is 4.67 Å². The SMILES string of the molecule is CCNC(c1ccoc1Br)C1CC(C)(C)OC1(C)C. The van der Waals surface area contributed by atoms with E-state index in [0.29, 0.717) is 5.92 Å². The fraction of sp³-hybridized carbons (Fsp3) is 0.733. The van der Waals surface area contributed by atoms with Crippen LogP contribution in [0, 0.1) is 5.92 Å². The number of furan rings is 1. The average Bonchev–Trinajstić information content (AvgIpc) is 2.76. The van der Waals surface area contributed by atoms with Crippen molar-refractivity contribution in [2.75, 3.05) is 6.54 Å². The molecule has 1 aromatic heterocycles. The minimum atomic E-state index is -0.146. The molecule has 1 fully saturated rings. The lowest BCUT2D eigenvalue weighted by Gasteiger charge is -2.33. The highest BCUT2D eigenvalue weighted by atomic mass is 79.9. The zero-order valence-electron chi connectivity index (χ0n) is 12.4. The van der Waals surface area contributed by atoms with Crippen LogP contribution in [0.3, 0.4) is 0 Å². The van der Waals surface area contributed by atoms with Crippen LogP contribution in [0.1, 0.15) is 52.6 Å². The Hall–Kier alpha value is -0.320. The molecule has 2 heterocycles. The molecular weight excluding hydrogens is 306 g/mol. The molecular formula is C15H24BrNO2. The average molecular weight is 330 g/mol. The van der Waals surface area contributed by atoms with Crippen molar-refractivity contribution in [2.24, 2.45) is 5.92 Å². The number of hydrogen-bond acceptors (Lipinski definition) is 3. The van der Waals surface area contributed by atoms with Crippen LogP contribution in [-0.2, 0) is 4.74 Å². The molecule has 0 saturated carbocycles. The molecule has 108 valence electrons. The maximum absolute atomic E-state index is 6.23. The van der Waals surface area contributed by atoms with Crippen LogP contribution in [0.4, 0.5) is 0 Å². The zero-order valence-corrected chi connectivity index (χ0v) is 14.0. The van der Waals surface area contributed by atoms with Gasteiger partial charge in [0, 0.05) is 17.5 Å². The summed E-state index contributed by atoms with van der Waals surface area (Å²) in [4.78, 5) is 0. The molecule has 2 rings (SSSR count). The van der Waals surface area contributed by atoms with Gasteiger partial charge in [-0.25, -0.2) is 0 Å². The Morgan fingerprint density at radius 2 is 2.11 bits per heavy atom. The van der Waals surface area contributed by atoms with Crippen molar-refractivity contribution in [2.45, 2.75) is 58.3 Å². The van der Waals surface area contributed by atoms with Gasteiger partial charge in [-0.3, -0.25) is 0 Å². The fourth-order valence-electron chi connectivity index (χ4n) is 3.34. The molecule has 3 nitrogen and oxygen atoms in total. The molecule has 0 aliphatic carbocycles. The number of rotatable bonds is 4. The maximum atomic E-state index is 6.23. The summed E-state index contributed by atoms with van der Waals surface area (Å²) < 4.78 is 12.5. The minimum Gasteiger partial charge on any atom is -0.457 e. The Kier molecular flexibility index (Phi) is 4.15. The van der Waals surface area contributed by atoms with Crippen LogP contribution in [0.2, 0.25) is 0 Å². The van der Waals surface area contributed by atoms with E-state index in [1.165, 1.54) is 5.56 Å². The van der Waals surface area contributed by atoms with E-state index in [1.807, 2.05) is 6.07 Å². The molecule has 0 bridgehead atoms. The van der Waals surface area contributed by atoms with E-state index < -0.39 is 0 Å². The Labute approximate surface area is 124 Å². The Balaban J connectivity index is 2.32. The second kappa shape index (κ2) is 5.23. The quantitative estimate of drug-likeness (QED) is 0.894. The molecule has 1 aromatic rings. The first-order chi connectivity index (χ1) is 8.77. The number of ether oxygens (including phenoxy) is 1. The summed E-state index contributed by atoms with van der Waals surface area (Å²) in [7, 11) is 0. The lowest BCUT2D eigenvalue weighted by molar-refractivity contribution is -0.0778. The van der Waals surface area contributed by atoms with Gasteiger partial charge in [0.2, 0.25) is 0 Å². The summed E-state index contributed by atoms with van der Waals surface area (Å²) in [5.74, 6) is 0.413. The molecule has 1 aliphatic heterocycles. The number of nitrogens with one attached hydrogen (secondary N) is 1. The van der Waals surface area contributed by atoms with Gasteiger partial charge in [-0.1, -0.05) is 6.92 Å². The van der Waals surface area contributed by atoms with E-state index in [0.717, 1.165) is 17.6 Å². The lowest BCUT2D eigenvalue weighted by atomic mass is 9.79. The Bertz CT molecular complexity index is 439. The third kappa shape index (κ3) is 3.06. The second-order valence-electron chi connectivity index (χ2n) is 6.46. The standard InChI is InChI=1S/C15H24BrNO2/c1-6-17-12(10-7-8-18-13(10)16)11-9-14(2,3)19-15(11,4)5/h7-8,11-12,17H,6,9H2,1-5H3. The highest BCUT2D eigenvalue weighted by molar-refractivity contribution is 9.10. The van der Waals surface area contributed by atoms with Crippen LogP contribution >= 0.6 is 15.9 Å². The maximum Gasteiger partial charge on any atom is 0.173 e. The second-order valence-corrected chi connectivity index (χ2v) is 7.18. The van der Waals surface area contributed by atoms with Crippen molar-refractivity contribution >= 4 is 15.9 Å². The van der Waals surface area contributed by atoms with E-state index in [-0.39, 0.29) is 17.2 Å².